The van der Waals surface area contributed by atoms with Crippen LogP contribution in [0, 0.1) is 5.92 Å². The number of nitrogens with zero attached hydrogens (tertiary/aromatic N) is 1. The van der Waals surface area contributed by atoms with Crippen LogP contribution in [-0.4, -0.2) is 48.2 Å². The van der Waals surface area contributed by atoms with Crippen LogP contribution in [0.1, 0.15) is 39.0 Å². The van der Waals surface area contributed by atoms with Gasteiger partial charge in [-0.2, -0.15) is 0 Å². The minimum atomic E-state index is -1.05. The quantitative estimate of drug-likeness (QED) is 0.751. The zero-order valence-electron chi connectivity index (χ0n) is 11.2. The molecule has 104 valence electrons. The van der Waals surface area contributed by atoms with E-state index in [2.05, 4.69) is 0 Å². The van der Waals surface area contributed by atoms with Gasteiger partial charge in [-0.1, -0.05) is 25.7 Å². The van der Waals surface area contributed by atoms with Crippen molar-refractivity contribution in [1.29, 1.82) is 0 Å². The summed E-state index contributed by atoms with van der Waals surface area (Å²) in [6, 6.07) is 0.189. The van der Waals surface area contributed by atoms with Gasteiger partial charge in [0.1, 0.15) is 13.2 Å². The molecule has 1 unspecified atom stereocenters. The predicted molar refractivity (Wildman–Crippen MR) is 67.3 cm³/mol. The van der Waals surface area contributed by atoms with Crippen molar-refractivity contribution in [2.24, 2.45) is 5.92 Å². The second-order valence-electron chi connectivity index (χ2n) is 5.13. The molecule has 0 aromatic heterocycles. The van der Waals surface area contributed by atoms with Crippen molar-refractivity contribution in [3.05, 3.63) is 0 Å². The molecule has 0 spiro atoms. The molecule has 0 aromatic carbocycles. The summed E-state index contributed by atoms with van der Waals surface area (Å²) < 4.78 is 4.81. The third kappa shape index (κ3) is 5.04. The Balaban J connectivity index is 2.25. The Morgan fingerprint density at radius 1 is 1.33 bits per heavy atom. The molecule has 0 bridgehead atoms. The first-order chi connectivity index (χ1) is 8.50. The van der Waals surface area contributed by atoms with Crippen molar-refractivity contribution < 1.29 is 19.4 Å². The molecular weight excluding hydrogens is 234 g/mol. The van der Waals surface area contributed by atoms with Gasteiger partial charge in [-0.25, -0.2) is 4.79 Å². The smallest absolute Gasteiger partial charge is 0.329 e. The molecule has 18 heavy (non-hydrogen) atoms. The van der Waals surface area contributed by atoms with Crippen LogP contribution >= 0.6 is 0 Å². The average molecular weight is 257 g/mol. The number of carbonyl (C=O) groups excluding carboxylic acids is 1. The summed E-state index contributed by atoms with van der Waals surface area (Å²) in [5, 5.41) is 8.41. The van der Waals surface area contributed by atoms with Gasteiger partial charge < -0.3 is 14.7 Å². The Bertz CT molecular complexity index is 287. The van der Waals surface area contributed by atoms with Gasteiger partial charge in [-0.15, -0.1) is 0 Å². The number of hydrogen-bond acceptors (Lipinski definition) is 3. The second kappa shape index (κ2) is 7.36. The zero-order chi connectivity index (χ0) is 13.5. The van der Waals surface area contributed by atoms with Gasteiger partial charge in [0.25, 0.3) is 0 Å². The lowest BCUT2D eigenvalue weighted by atomic mass is 9.98. The van der Waals surface area contributed by atoms with Crippen LogP contribution in [0.2, 0.25) is 0 Å². The number of carboxylic acid groups (broad SMARTS) is 1. The lowest BCUT2D eigenvalue weighted by Crippen LogP contribution is -2.38. The Kier molecular flexibility index (Phi) is 6.12. The molecule has 5 nitrogen and oxygen atoms in total. The predicted octanol–water partition coefficient (Wildman–Crippen LogP) is 1.51. The highest BCUT2D eigenvalue weighted by atomic mass is 16.5. The minimum absolute atomic E-state index is 0.151. The molecule has 0 aliphatic heterocycles. The van der Waals surface area contributed by atoms with E-state index in [0.29, 0.717) is 0 Å². The number of hydrogen-bond donors (Lipinski definition) is 1. The van der Waals surface area contributed by atoms with E-state index in [9.17, 15) is 9.59 Å². The normalized spacial score (nSPS) is 17.7. The van der Waals surface area contributed by atoms with E-state index in [1.807, 2.05) is 6.92 Å². The number of ether oxygens (including phenoxy) is 1. The maximum Gasteiger partial charge on any atom is 0.329 e. The molecule has 1 rings (SSSR count). The summed E-state index contributed by atoms with van der Waals surface area (Å²) in [4.78, 5) is 23.7. The summed E-state index contributed by atoms with van der Waals surface area (Å²) in [7, 11) is 1.76. The lowest BCUT2D eigenvalue weighted by Gasteiger charge is -2.27. The van der Waals surface area contributed by atoms with Crippen molar-refractivity contribution in [1.82, 2.24) is 4.90 Å². The van der Waals surface area contributed by atoms with Gasteiger partial charge >= 0.3 is 5.97 Å². The number of likely N-dealkylation sites (N-methyl/N-ethyl adjacent to an activating group) is 1. The molecule has 0 radical (unpaired) electrons. The molecule has 1 fully saturated rings. The van der Waals surface area contributed by atoms with Gasteiger partial charge in [0, 0.05) is 13.1 Å². The van der Waals surface area contributed by atoms with Gasteiger partial charge in [-0.05, 0) is 19.3 Å². The molecule has 0 saturated heterocycles. The van der Waals surface area contributed by atoms with Crippen molar-refractivity contribution in [2.45, 2.75) is 45.1 Å². The summed E-state index contributed by atoms with van der Waals surface area (Å²) in [6.45, 7) is 1.46. The summed E-state index contributed by atoms with van der Waals surface area (Å²) >= 11 is 0. The van der Waals surface area contributed by atoms with Gasteiger partial charge in [0.05, 0.1) is 0 Å². The Morgan fingerprint density at radius 2 is 1.94 bits per heavy atom. The molecule has 0 heterocycles. The number of rotatable bonds is 7. The third-order valence-corrected chi connectivity index (χ3v) is 3.65. The van der Waals surface area contributed by atoms with E-state index < -0.39 is 12.6 Å². The van der Waals surface area contributed by atoms with Crippen molar-refractivity contribution in [3.8, 4) is 0 Å². The molecule has 1 aliphatic rings. The number of amides is 1. The summed E-state index contributed by atoms with van der Waals surface area (Å²) in [5.74, 6) is -0.471. The summed E-state index contributed by atoms with van der Waals surface area (Å²) in [5.41, 5.74) is 0. The average Bonchev–Trinajstić information content (AvgIpc) is 2.80. The highest BCUT2D eigenvalue weighted by Gasteiger charge is 2.22. The first-order valence-electron chi connectivity index (χ1n) is 6.56. The number of carbonyl (C=O) groups is 2. The van der Waals surface area contributed by atoms with Crippen LogP contribution in [0.15, 0.2) is 0 Å². The fourth-order valence-electron chi connectivity index (χ4n) is 2.46. The molecule has 1 aliphatic carbocycles. The molecule has 1 atom stereocenters. The highest BCUT2D eigenvalue weighted by molar-refractivity contribution is 5.78. The number of carboxylic acids is 1. The molecule has 1 saturated carbocycles. The van der Waals surface area contributed by atoms with Crippen molar-refractivity contribution in [3.63, 3.8) is 0 Å². The zero-order valence-corrected chi connectivity index (χ0v) is 11.2. The molecule has 0 aromatic rings. The first kappa shape index (κ1) is 15.0. The van der Waals surface area contributed by atoms with Crippen LogP contribution in [0.4, 0.5) is 0 Å². The van der Waals surface area contributed by atoms with Crippen LogP contribution in [-0.2, 0) is 14.3 Å². The maximum atomic E-state index is 11.7. The SMILES string of the molecule is CC(CC1CCCC1)N(C)C(=O)COCC(=O)O. The minimum Gasteiger partial charge on any atom is -0.480 e. The Labute approximate surface area is 108 Å². The standard InChI is InChI=1S/C13H23NO4/c1-10(7-11-5-3-4-6-11)14(2)12(15)8-18-9-13(16)17/h10-11H,3-9H2,1-2H3,(H,16,17). The topological polar surface area (TPSA) is 66.8 Å². The number of aliphatic carboxylic acids is 1. The van der Waals surface area contributed by atoms with Crippen LogP contribution in [0.3, 0.4) is 0 Å². The van der Waals surface area contributed by atoms with Crippen LogP contribution in [0.25, 0.3) is 0 Å². The second-order valence-corrected chi connectivity index (χ2v) is 5.13. The molecule has 1 amide bonds. The van der Waals surface area contributed by atoms with E-state index in [1.165, 1.54) is 25.7 Å². The maximum absolute atomic E-state index is 11.7. The highest BCUT2D eigenvalue weighted by Crippen LogP contribution is 2.29. The molecular formula is C13H23NO4. The summed E-state index contributed by atoms with van der Waals surface area (Å²) in [6.07, 6.45) is 6.17. The van der Waals surface area contributed by atoms with Crippen molar-refractivity contribution in [2.75, 3.05) is 20.3 Å². The van der Waals surface area contributed by atoms with Gasteiger partial charge in [0.2, 0.25) is 5.91 Å². The van der Waals surface area contributed by atoms with Crippen molar-refractivity contribution >= 4 is 11.9 Å². The first-order valence-corrected chi connectivity index (χ1v) is 6.56. The lowest BCUT2D eigenvalue weighted by molar-refractivity contribution is -0.146. The monoisotopic (exact) mass is 257 g/mol. The van der Waals surface area contributed by atoms with E-state index in [1.54, 1.807) is 11.9 Å². The van der Waals surface area contributed by atoms with E-state index in [0.717, 1.165) is 12.3 Å². The Morgan fingerprint density at radius 3 is 2.50 bits per heavy atom. The van der Waals surface area contributed by atoms with Crippen LogP contribution < -0.4 is 0 Å². The van der Waals surface area contributed by atoms with E-state index >= 15 is 0 Å². The van der Waals surface area contributed by atoms with Crippen LogP contribution in [0.5, 0.6) is 0 Å². The van der Waals surface area contributed by atoms with Gasteiger partial charge in [0.15, 0.2) is 0 Å². The van der Waals surface area contributed by atoms with E-state index in [4.69, 9.17) is 9.84 Å². The van der Waals surface area contributed by atoms with Gasteiger partial charge in [-0.3, -0.25) is 4.79 Å². The Hall–Kier alpha value is -1.10. The largest absolute Gasteiger partial charge is 0.480 e. The molecule has 5 heteroatoms. The fraction of sp³-hybridized carbons (Fsp3) is 0.846. The molecule has 1 N–H and O–H groups in total. The van der Waals surface area contributed by atoms with E-state index in [-0.39, 0.29) is 18.6 Å². The fourth-order valence-corrected chi connectivity index (χ4v) is 2.46. The third-order valence-electron chi connectivity index (χ3n) is 3.65.